The van der Waals surface area contributed by atoms with Crippen LogP contribution in [0.15, 0.2) is 11.1 Å². The number of phosphoric acid groups is 3. The van der Waals surface area contributed by atoms with Crippen molar-refractivity contribution in [3.63, 3.8) is 0 Å². The van der Waals surface area contributed by atoms with E-state index in [0.29, 0.717) is 0 Å². The number of hydrogen-bond acceptors (Lipinski definition) is 16. The third kappa shape index (κ3) is 10.5. The van der Waals surface area contributed by atoms with Gasteiger partial charge in [0.25, 0.3) is 21.2 Å². The number of aromatic nitrogens is 4. The molecule has 5 atom stereocenters. The van der Waals surface area contributed by atoms with Crippen LogP contribution in [0.2, 0.25) is 0 Å². The Morgan fingerprint density at radius 1 is 1.11 bits per heavy atom. The van der Waals surface area contributed by atoms with Crippen LogP contribution in [0.1, 0.15) is 12.6 Å². The van der Waals surface area contributed by atoms with Crippen LogP contribution in [0.3, 0.4) is 0 Å². The minimum absolute atomic E-state index is 0. The fraction of sp³-hybridized carbons (Fsp3) is 0.500. The van der Waals surface area contributed by atoms with Crippen LogP contribution in [-0.4, -0.2) is 38.3 Å². The van der Waals surface area contributed by atoms with Gasteiger partial charge >= 0.3 is 75.4 Å². The van der Waals surface area contributed by atoms with Crippen molar-refractivity contribution in [2.24, 2.45) is 5.73 Å². The number of nitrogens with two attached hydrogens (primary N) is 2. The van der Waals surface area contributed by atoms with Gasteiger partial charge in [-0.05, 0) is 0 Å². The Morgan fingerprint density at radius 2 is 1.71 bits per heavy atom. The molecule has 5 unspecified atom stereocenters. The smallest absolute Gasteiger partial charge is 0.790 e. The summed E-state index contributed by atoms with van der Waals surface area (Å²) < 4.78 is 50.8. The van der Waals surface area contributed by atoms with Gasteiger partial charge in [-0.25, -0.2) is 9.29 Å². The molecule has 0 radical (unpaired) electrons. The third-order valence-electron chi connectivity index (χ3n) is 3.84. The number of hydrogen-bond donors (Lipinski definition) is 3. The average molecular weight is 530 g/mol. The summed E-state index contributed by atoms with van der Waals surface area (Å²) in [5, 5.41) is 0. The zero-order valence-electron chi connectivity index (χ0n) is 19.0. The summed E-state index contributed by atoms with van der Waals surface area (Å²) in [6.07, 6.45) is -0.680. The van der Waals surface area contributed by atoms with E-state index in [4.69, 9.17) is 16.2 Å². The molecule has 3 rings (SSSR count). The first-order valence-electron chi connectivity index (χ1n) is 8.00. The van der Waals surface area contributed by atoms with Crippen molar-refractivity contribution in [3.8, 4) is 0 Å². The van der Waals surface area contributed by atoms with E-state index < -0.39 is 54.0 Å². The molecule has 1 aliphatic heterocycles. The molecular formula is C10H13Li4N6O12P3. The predicted octanol–water partition coefficient (Wildman–Crippen LogP) is -15.9. The molecule has 174 valence electrons. The average Bonchev–Trinajstić information content (AvgIpc) is 3.13. The third-order valence-corrected chi connectivity index (χ3v) is 7.51. The van der Waals surface area contributed by atoms with Crippen molar-refractivity contribution in [2.45, 2.75) is 24.8 Å². The number of phosphoric ester groups is 1. The van der Waals surface area contributed by atoms with E-state index in [1.165, 1.54) is 10.9 Å². The Balaban J connectivity index is 0. The van der Waals surface area contributed by atoms with Crippen LogP contribution in [0.4, 0.5) is 5.95 Å². The van der Waals surface area contributed by atoms with Gasteiger partial charge in [0.2, 0.25) is 5.95 Å². The van der Waals surface area contributed by atoms with Gasteiger partial charge in [-0.15, -0.1) is 0 Å². The maximum Gasteiger partial charge on any atom is 1.00 e. The quantitative estimate of drug-likeness (QED) is 0.211. The van der Waals surface area contributed by atoms with Crippen LogP contribution in [-0.2, 0) is 31.6 Å². The Kier molecular flexibility index (Phi) is 15.5. The molecule has 35 heavy (non-hydrogen) atoms. The normalized spacial score (nSPS) is 23.1. The monoisotopic (exact) mass is 530 g/mol. The van der Waals surface area contributed by atoms with Gasteiger partial charge in [0, 0.05) is 12.5 Å². The molecule has 2 aromatic heterocycles. The number of nitrogen functional groups attached to an aromatic ring is 1. The largest absolute Gasteiger partial charge is 1.00 e. The van der Waals surface area contributed by atoms with Crippen molar-refractivity contribution < 1.29 is 127 Å². The Labute approximate surface area is 244 Å². The maximum atomic E-state index is 11.8. The summed E-state index contributed by atoms with van der Waals surface area (Å²) in [6, 6.07) is -0.833. The Hall–Kier alpha value is 0.870. The van der Waals surface area contributed by atoms with E-state index in [2.05, 4.69) is 28.1 Å². The number of rotatable bonds is 8. The maximum absolute atomic E-state index is 11.8. The number of fused-ring (bicyclic) bond motifs is 1. The number of nitrogens with one attached hydrogen (secondary N) is 1. The van der Waals surface area contributed by atoms with Crippen molar-refractivity contribution in [1.82, 2.24) is 19.5 Å². The zero-order valence-corrected chi connectivity index (χ0v) is 21.6. The zero-order chi connectivity index (χ0) is 23.2. The number of H-pyrrole nitrogens is 1. The minimum atomic E-state index is -6.10. The van der Waals surface area contributed by atoms with Crippen molar-refractivity contribution in [2.75, 3.05) is 12.3 Å². The van der Waals surface area contributed by atoms with Crippen molar-refractivity contribution in [3.05, 3.63) is 16.7 Å². The Bertz CT molecular complexity index is 1190. The fourth-order valence-corrected chi connectivity index (χ4v) is 5.55. The summed E-state index contributed by atoms with van der Waals surface area (Å²) in [4.78, 5) is 65.3. The molecule has 0 bridgehead atoms. The molecule has 25 heteroatoms. The number of anilines is 1. The molecule has 0 aromatic carbocycles. The summed E-state index contributed by atoms with van der Waals surface area (Å²) in [6.45, 7) is -0.840. The molecule has 0 spiro atoms. The van der Waals surface area contributed by atoms with E-state index in [0.717, 1.165) is 0 Å². The van der Waals surface area contributed by atoms with Gasteiger partial charge < -0.3 is 44.9 Å². The first-order chi connectivity index (χ1) is 14.2. The standard InChI is InChI=1S/C10H17N6O12P3.4Li/c11-4-1-6(16-3-13-7-8(16)14-10(12)15-9(7)17)26-5(4)2-25-30(21,22)28-31(23,24)27-29(18,19)20;;;;/h3-6H,1-2,11H2,(H,21,22)(H,23,24)(H2,18,19,20)(H3,12,14,15,17);;;;/q;4*+1/p-4. The first-order valence-corrected chi connectivity index (χ1v) is 12.4. The molecule has 5 N–H and O–H groups in total. The van der Waals surface area contributed by atoms with Crippen molar-refractivity contribution in [1.29, 1.82) is 0 Å². The second-order valence-electron chi connectivity index (χ2n) is 6.10. The number of aromatic amines is 1. The van der Waals surface area contributed by atoms with Crippen molar-refractivity contribution >= 4 is 40.6 Å². The summed E-state index contributed by atoms with van der Waals surface area (Å²) >= 11 is 0. The van der Waals surface area contributed by atoms with Crippen LogP contribution < -0.4 is 112 Å². The summed E-state index contributed by atoms with van der Waals surface area (Å²) in [7, 11) is -17.9. The molecule has 0 aliphatic carbocycles. The summed E-state index contributed by atoms with van der Waals surface area (Å²) in [5.74, 6) is -0.184. The summed E-state index contributed by atoms with van der Waals surface area (Å²) in [5.41, 5.74) is 10.8. The van der Waals surface area contributed by atoms with Gasteiger partial charge in [-0.1, -0.05) is 0 Å². The van der Waals surface area contributed by atoms with E-state index >= 15 is 0 Å². The van der Waals surface area contributed by atoms with Crippen LogP contribution in [0.5, 0.6) is 0 Å². The van der Waals surface area contributed by atoms with Gasteiger partial charge in [0.15, 0.2) is 11.2 Å². The van der Waals surface area contributed by atoms with Gasteiger partial charge in [0.05, 0.1) is 26.9 Å². The molecular weight excluding hydrogens is 517 g/mol. The second kappa shape index (κ2) is 14.3. The minimum Gasteiger partial charge on any atom is -0.790 e. The van der Waals surface area contributed by atoms with E-state index in [1.807, 2.05) is 0 Å². The van der Waals surface area contributed by atoms with Crippen LogP contribution in [0.25, 0.3) is 11.2 Å². The number of nitrogens with zero attached hydrogens (tertiary/aromatic N) is 3. The number of imidazole rings is 1. The molecule has 2 aromatic rings. The van der Waals surface area contributed by atoms with E-state index in [1.54, 1.807) is 0 Å². The topological polar surface area (TPSA) is 296 Å². The van der Waals surface area contributed by atoms with Crippen LogP contribution >= 0.6 is 23.5 Å². The second-order valence-corrected chi connectivity index (χ2v) is 10.4. The van der Waals surface area contributed by atoms with Gasteiger partial charge in [0.1, 0.15) is 6.23 Å². The molecule has 1 fully saturated rings. The van der Waals surface area contributed by atoms with E-state index in [-0.39, 0.29) is 99.0 Å². The number of ether oxygens (including phenoxy) is 1. The molecule has 3 heterocycles. The molecule has 1 saturated heterocycles. The Morgan fingerprint density at radius 3 is 2.29 bits per heavy atom. The van der Waals surface area contributed by atoms with Crippen LogP contribution in [0, 0.1) is 0 Å². The SMILES string of the molecule is Nc1nc2c(ncn2C2CC(N)C(COP(=O)([O-])OP(=O)([O-])OP(=O)([O-])[O-])O2)c(=O)[nH]1.[Li+].[Li+].[Li+].[Li+]. The first kappa shape index (κ1) is 38.0. The molecule has 0 amide bonds. The predicted molar refractivity (Wildman–Crippen MR) is 90.0 cm³/mol. The van der Waals surface area contributed by atoms with Gasteiger partial charge in [-0.2, -0.15) is 4.98 Å². The molecule has 0 saturated carbocycles. The van der Waals surface area contributed by atoms with Gasteiger partial charge in [-0.3, -0.25) is 27.8 Å². The fourth-order valence-electron chi connectivity index (χ4n) is 2.69. The molecule has 1 aliphatic rings. The molecule has 18 nitrogen and oxygen atoms in total. The van der Waals surface area contributed by atoms with E-state index in [9.17, 15) is 38.1 Å².